The molecule has 1 aliphatic carbocycles. The second kappa shape index (κ2) is 4.77. The normalized spacial score (nSPS) is 21.3. The summed E-state index contributed by atoms with van der Waals surface area (Å²) < 4.78 is 0. The number of aliphatic hydroxyl groups is 1. The van der Waals surface area contributed by atoms with Gasteiger partial charge in [0.25, 0.3) is 0 Å². The molecule has 0 unspecified atom stereocenters. The fourth-order valence-corrected chi connectivity index (χ4v) is 2.24. The predicted octanol–water partition coefficient (Wildman–Crippen LogP) is 2.03. The van der Waals surface area contributed by atoms with Crippen molar-refractivity contribution in [2.24, 2.45) is 0 Å². The molecule has 15 heavy (non-hydrogen) atoms. The summed E-state index contributed by atoms with van der Waals surface area (Å²) in [5.41, 5.74) is 2.93. The van der Waals surface area contributed by atoms with Gasteiger partial charge in [-0.3, -0.25) is 0 Å². The third kappa shape index (κ3) is 2.58. The van der Waals surface area contributed by atoms with Crippen LogP contribution in [-0.2, 0) is 6.42 Å². The highest BCUT2D eigenvalue weighted by Crippen LogP contribution is 2.30. The topological polar surface area (TPSA) is 32.3 Å². The number of hydrogen-bond acceptors (Lipinski definition) is 2. The number of aliphatic hydroxyl groups excluding tert-OH is 1. The van der Waals surface area contributed by atoms with Gasteiger partial charge in [0.15, 0.2) is 0 Å². The first-order chi connectivity index (χ1) is 7.27. The molecule has 0 saturated carbocycles. The Morgan fingerprint density at radius 3 is 3.07 bits per heavy atom. The van der Waals surface area contributed by atoms with Crippen molar-refractivity contribution in [1.82, 2.24) is 5.32 Å². The van der Waals surface area contributed by atoms with Crippen molar-refractivity contribution in [2.75, 3.05) is 6.54 Å². The molecule has 0 aromatic heterocycles. The summed E-state index contributed by atoms with van der Waals surface area (Å²) in [6.07, 6.45) is 3.01. The minimum Gasteiger partial charge on any atom is -0.393 e. The highest BCUT2D eigenvalue weighted by molar-refractivity contribution is 5.34. The molecule has 2 N–H and O–H groups in total. The van der Waals surface area contributed by atoms with Crippen LogP contribution in [0, 0.1) is 0 Å². The summed E-state index contributed by atoms with van der Waals surface area (Å²) in [5, 5.41) is 12.7. The summed E-state index contributed by atoms with van der Waals surface area (Å²) in [6.45, 7) is 2.74. The van der Waals surface area contributed by atoms with E-state index in [0.29, 0.717) is 6.04 Å². The summed E-state index contributed by atoms with van der Waals surface area (Å²) in [4.78, 5) is 0. The Kier molecular flexibility index (Phi) is 3.39. The first kappa shape index (κ1) is 10.7. The van der Waals surface area contributed by atoms with Gasteiger partial charge in [0.05, 0.1) is 6.10 Å². The summed E-state index contributed by atoms with van der Waals surface area (Å²) >= 11 is 0. The van der Waals surface area contributed by atoms with Gasteiger partial charge in [0.2, 0.25) is 0 Å². The summed E-state index contributed by atoms with van der Waals surface area (Å²) in [7, 11) is 0. The smallest absolute Gasteiger partial charge is 0.0524 e. The summed E-state index contributed by atoms with van der Waals surface area (Å²) in [5.74, 6) is 0. The predicted molar refractivity (Wildman–Crippen MR) is 61.8 cm³/mol. The lowest BCUT2D eigenvalue weighted by Gasteiger charge is -2.14. The van der Waals surface area contributed by atoms with Crippen LogP contribution in [-0.4, -0.2) is 17.8 Å². The molecular weight excluding hydrogens is 186 g/mol. The lowest BCUT2D eigenvalue weighted by atomic mass is 10.1. The molecule has 1 aliphatic rings. The van der Waals surface area contributed by atoms with E-state index in [2.05, 4.69) is 29.6 Å². The van der Waals surface area contributed by atoms with Crippen LogP contribution >= 0.6 is 0 Å². The molecule has 1 aromatic rings. The number of nitrogens with one attached hydrogen (secondary N) is 1. The molecule has 0 bridgehead atoms. The van der Waals surface area contributed by atoms with Gasteiger partial charge >= 0.3 is 0 Å². The molecule has 0 spiro atoms. The van der Waals surface area contributed by atoms with Gasteiger partial charge in [-0.15, -0.1) is 0 Å². The average Bonchev–Trinajstić information content (AvgIpc) is 2.62. The van der Waals surface area contributed by atoms with Crippen molar-refractivity contribution >= 4 is 0 Å². The van der Waals surface area contributed by atoms with Crippen LogP contribution in [0.1, 0.15) is 36.9 Å². The molecule has 0 amide bonds. The number of fused-ring (bicyclic) bond motifs is 1. The molecule has 0 fully saturated rings. The van der Waals surface area contributed by atoms with Crippen LogP contribution in [0.15, 0.2) is 24.3 Å². The number of hydrogen-bond donors (Lipinski definition) is 2. The van der Waals surface area contributed by atoms with Crippen LogP contribution in [0.2, 0.25) is 0 Å². The van der Waals surface area contributed by atoms with Crippen molar-refractivity contribution in [1.29, 1.82) is 0 Å². The van der Waals surface area contributed by atoms with Gasteiger partial charge in [0, 0.05) is 6.04 Å². The molecule has 2 heteroatoms. The van der Waals surface area contributed by atoms with E-state index in [1.165, 1.54) is 24.0 Å². The van der Waals surface area contributed by atoms with E-state index >= 15 is 0 Å². The van der Waals surface area contributed by atoms with Crippen molar-refractivity contribution in [2.45, 2.75) is 38.3 Å². The van der Waals surface area contributed by atoms with Gasteiger partial charge in [-0.05, 0) is 43.9 Å². The maximum atomic E-state index is 9.18. The standard InChI is InChI=1S/C13H19NO/c1-10(15)8-9-14-13-7-6-11-4-2-3-5-12(11)13/h2-5,10,13-15H,6-9H2,1H3/t10-,13+/m0/s1. The van der Waals surface area contributed by atoms with Crippen molar-refractivity contribution in [3.8, 4) is 0 Å². The first-order valence-corrected chi connectivity index (χ1v) is 5.76. The minimum atomic E-state index is -0.200. The lowest BCUT2D eigenvalue weighted by Crippen LogP contribution is -2.23. The fraction of sp³-hybridized carbons (Fsp3) is 0.538. The molecule has 2 atom stereocenters. The lowest BCUT2D eigenvalue weighted by molar-refractivity contribution is 0.182. The highest BCUT2D eigenvalue weighted by Gasteiger charge is 2.20. The van der Waals surface area contributed by atoms with E-state index in [1.54, 1.807) is 0 Å². The second-order valence-electron chi connectivity index (χ2n) is 4.38. The molecule has 0 heterocycles. The SMILES string of the molecule is C[C@H](O)CCN[C@@H]1CCc2ccccc21. The molecule has 1 aromatic carbocycles. The maximum Gasteiger partial charge on any atom is 0.0524 e. The van der Waals surface area contributed by atoms with Gasteiger partial charge in [-0.2, -0.15) is 0 Å². The molecule has 2 rings (SSSR count). The molecule has 0 aliphatic heterocycles. The highest BCUT2D eigenvalue weighted by atomic mass is 16.3. The Labute approximate surface area is 91.3 Å². The van der Waals surface area contributed by atoms with E-state index in [1.807, 2.05) is 6.92 Å². The van der Waals surface area contributed by atoms with Crippen LogP contribution in [0.4, 0.5) is 0 Å². The van der Waals surface area contributed by atoms with Gasteiger partial charge in [-0.25, -0.2) is 0 Å². The Hall–Kier alpha value is -0.860. The molecule has 82 valence electrons. The van der Waals surface area contributed by atoms with E-state index in [4.69, 9.17) is 0 Å². The quantitative estimate of drug-likeness (QED) is 0.788. The second-order valence-corrected chi connectivity index (χ2v) is 4.38. The number of aryl methyl sites for hydroxylation is 1. The molecule has 0 radical (unpaired) electrons. The van der Waals surface area contributed by atoms with Crippen LogP contribution in [0.3, 0.4) is 0 Å². The van der Waals surface area contributed by atoms with E-state index < -0.39 is 0 Å². The monoisotopic (exact) mass is 205 g/mol. The van der Waals surface area contributed by atoms with Crippen molar-refractivity contribution in [3.63, 3.8) is 0 Å². The maximum absolute atomic E-state index is 9.18. The Balaban J connectivity index is 1.90. The van der Waals surface area contributed by atoms with Gasteiger partial charge in [-0.1, -0.05) is 24.3 Å². The third-order valence-electron chi connectivity index (χ3n) is 3.09. The Morgan fingerprint density at radius 2 is 2.27 bits per heavy atom. The van der Waals surface area contributed by atoms with Crippen molar-refractivity contribution in [3.05, 3.63) is 35.4 Å². The first-order valence-electron chi connectivity index (χ1n) is 5.76. The summed E-state index contributed by atoms with van der Waals surface area (Å²) in [6, 6.07) is 9.14. The zero-order chi connectivity index (χ0) is 10.7. The average molecular weight is 205 g/mol. The van der Waals surface area contributed by atoms with Crippen molar-refractivity contribution < 1.29 is 5.11 Å². The number of benzene rings is 1. The Morgan fingerprint density at radius 1 is 1.47 bits per heavy atom. The minimum absolute atomic E-state index is 0.200. The Bertz CT molecular complexity index is 322. The van der Waals surface area contributed by atoms with E-state index in [9.17, 15) is 5.11 Å². The third-order valence-corrected chi connectivity index (χ3v) is 3.09. The van der Waals surface area contributed by atoms with Gasteiger partial charge in [0.1, 0.15) is 0 Å². The molecule has 2 nitrogen and oxygen atoms in total. The zero-order valence-corrected chi connectivity index (χ0v) is 9.24. The largest absolute Gasteiger partial charge is 0.393 e. The zero-order valence-electron chi connectivity index (χ0n) is 9.24. The van der Waals surface area contributed by atoms with Gasteiger partial charge < -0.3 is 10.4 Å². The molecular formula is C13H19NO. The van der Waals surface area contributed by atoms with Crippen LogP contribution in [0.25, 0.3) is 0 Å². The fourth-order valence-electron chi connectivity index (χ4n) is 2.24. The van der Waals surface area contributed by atoms with E-state index in [0.717, 1.165) is 13.0 Å². The van der Waals surface area contributed by atoms with Crippen LogP contribution < -0.4 is 5.32 Å². The molecule has 0 saturated heterocycles. The van der Waals surface area contributed by atoms with E-state index in [-0.39, 0.29) is 6.10 Å². The number of rotatable bonds is 4. The van der Waals surface area contributed by atoms with Crippen LogP contribution in [0.5, 0.6) is 0 Å².